The third-order valence-electron chi connectivity index (χ3n) is 2.66. The molecule has 0 bridgehead atoms. The van der Waals surface area contributed by atoms with Crippen molar-refractivity contribution in [2.75, 3.05) is 41.0 Å². The molecule has 0 saturated heterocycles. The number of rotatable bonds is 9. The molecular formula is C14H21ClN2O4. The smallest absolute Gasteiger partial charge is 0.258 e. The van der Waals surface area contributed by atoms with Crippen LogP contribution in [-0.4, -0.2) is 46.9 Å². The van der Waals surface area contributed by atoms with Crippen LogP contribution in [0.3, 0.4) is 0 Å². The number of methoxy groups -OCH3 is 2. The van der Waals surface area contributed by atoms with Crippen molar-refractivity contribution in [2.24, 2.45) is 0 Å². The lowest BCUT2D eigenvalue weighted by Gasteiger charge is -2.15. The molecule has 0 aliphatic heterocycles. The fourth-order valence-electron chi connectivity index (χ4n) is 1.74. The maximum absolute atomic E-state index is 11.7. The monoisotopic (exact) mass is 316 g/mol. The lowest BCUT2D eigenvalue weighted by atomic mass is 10.2. The number of nitrogens with one attached hydrogen (secondary N) is 2. The zero-order chi connectivity index (χ0) is 15.7. The molecule has 7 heteroatoms. The summed E-state index contributed by atoms with van der Waals surface area (Å²) in [4.78, 5) is 11.7. The number of halogens is 1. The summed E-state index contributed by atoms with van der Waals surface area (Å²) >= 11 is 6.03. The predicted octanol–water partition coefficient (Wildman–Crippen LogP) is 1.21. The lowest BCUT2D eigenvalue weighted by molar-refractivity contribution is -0.123. The molecule has 1 amide bonds. The molecular weight excluding hydrogens is 296 g/mol. The van der Waals surface area contributed by atoms with Gasteiger partial charge in [-0.3, -0.25) is 4.79 Å². The molecule has 0 atom stereocenters. The number of hydrogen-bond donors (Lipinski definition) is 2. The van der Waals surface area contributed by atoms with Crippen LogP contribution in [0, 0.1) is 0 Å². The van der Waals surface area contributed by atoms with E-state index >= 15 is 0 Å². The Morgan fingerprint density at radius 3 is 2.71 bits per heavy atom. The third kappa shape index (κ3) is 5.79. The van der Waals surface area contributed by atoms with Crippen LogP contribution in [0.25, 0.3) is 0 Å². The highest BCUT2D eigenvalue weighted by atomic mass is 35.5. The van der Waals surface area contributed by atoms with Gasteiger partial charge in [0.15, 0.2) is 18.1 Å². The number of amides is 1. The number of hydrogen-bond acceptors (Lipinski definition) is 5. The first-order valence-electron chi connectivity index (χ1n) is 6.51. The molecule has 118 valence electrons. The minimum absolute atomic E-state index is 0.0988. The topological polar surface area (TPSA) is 68.8 Å². The van der Waals surface area contributed by atoms with Gasteiger partial charge in [-0.25, -0.2) is 0 Å². The second-order valence-corrected chi connectivity index (χ2v) is 4.69. The minimum Gasteiger partial charge on any atom is -0.493 e. The molecule has 0 saturated carbocycles. The van der Waals surface area contributed by atoms with Gasteiger partial charge in [-0.05, 0) is 13.1 Å². The van der Waals surface area contributed by atoms with E-state index < -0.39 is 0 Å². The number of carbonyl (C=O) groups excluding carboxylic acids is 1. The Labute approximate surface area is 129 Å². The highest BCUT2D eigenvalue weighted by Crippen LogP contribution is 2.34. The van der Waals surface area contributed by atoms with Gasteiger partial charge in [0.2, 0.25) is 0 Å². The molecule has 1 aromatic rings. The Morgan fingerprint density at radius 1 is 1.33 bits per heavy atom. The van der Waals surface area contributed by atoms with Gasteiger partial charge in [-0.15, -0.1) is 0 Å². The molecule has 0 radical (unpaired) electrons. The van der Waals surface area contributed by atoms with E-state index in [1.54, 1.807) is 19.2 Å². The van der Waals surface area contributed by atoms with Crippen LogP contribution in [0.2, 0.25) is 5.02 Å². The Hall–Kier alpha value is -1.50. The maximum atomic E-state index is 11.7. The van der Waals surface area contributed by atoms with E-state index in [0.29, 0.717) is 36.2 Å². The van der Waals surface area contributed by atoms with Crippen molar-refractivity contribution in [3.8, 4) is 11.5 Å². The van der Waals surface area contributed by atoms with Crippen LogP contribution in [0.15, 0.2) is 12.1 Å². The van der Waals surface area contributed by atoms with Gasteiger partial charge in [0.25, 0.3) is 5.91 Å². The van der Waals surface area contributed by atoms with Gasteiger partial charge in [0.1, 0.15) is 0 Å². The van der Waals surface area contributed by atoms with Gasteiger partial charge in [-0.1, -0.05) is 11.6 Å². The lowest BCUT2D eigenvalue weighted by Crippen LogP contribution is -2.31. The van der Waals surface area contributed by atoms with Gasteiger partial charge >= 0.3 is 0 Å². The van der Waals surface area contributed by atoms with Crippen molar-refractivity contribution in [3.63, 3.8) is 0 Å². The summed E-state index contributed by atoms with van der Waals surface area (Å²) in [7, 11) is 4.92. The number of ether oxygens (including phenoxy) is 3. The normalized spacial score (nSPS) is 10.3. The first kappa shape index (κ1) is 17.6. The molecule has 0 unspecified atom stereocenters. The Kier molecular flexibility index (Phi) is 7.89. The zero-order valence-electron chi connectivity index (χ0n) is 12.5. The van der Waals surface area contributed by atoms with Crippen LogP contribution in [0.1, 0.15) is 5.56 Å². The fourth-order valence-corrected chi connectivity index (χ4v) is 1.97. The Balaban J connectivity index is 2.74. The van der Waals surface area contributed by atoms with E-state index in [2.05, 4.69) is 10.6 Å². The van der Waals surface area contributed by atoms with Crippen molar-refractivity contribution in [3.05, 3.63) is 22.7 Å². The summed E-state index contributed by atoms with van der Waals surface area (Å²) < 4.78 is 15.7. The zero-order valence-corrected chi connectivity index (χ0v) is 13.3. The molecule has 0 fully saturated rings. The first-order valence-corrected chi connectivity index (χ1v) is 6.89. The van der Waals surface area contributed by atoms with Crippen LogP contribution in [0.4, 0.5) is 0 Å². The summed E-state index contributed by atoms with van der Waals surface area (Å²) in [5.41, 5.74) is 0.826. The van der Waals surface area contributed by atoms with E-state index in [-0.39, 0.29) is 12.5 Å². The molecule has 2 N–H and O–H groups in total. The van der Waals surface area contributed by atoms with Gasteiger partial charge in [-0.2, -0.15) is 0 Å². The van der Waals surface area contributed by atoms with Crippen LogP contribution in [-0.2, 0) is 16.1 Å². The Bertz CT molecular complexity index is 469. The van der Waals surface area contributed by atoms with Gasteiger partial charge in [0.05, 0.1) is 13.7 Å². The Morgan fingerprint density at radius 2 is 2.10 bits per heavy atom. The summed E-state index contributed by atoms with van der Waals surface area (Å²) in [6.07, 6.45) is 0. The largest absolute Gasteiger partial charge is 0.493 e. The van der Waals surface area contributed by atoms with E-state index in [9.17, 15) is 4.79 Å². The minimum atomic E-state index is -0.223. The van der Waals surface area contributed by atoms with Crippen LogP contribution >= 0.6 is 11.6 Å². The fraction of sp³-hybridized carbons (Fsp3) is 0.500. The average molecular weight is 317 g/mol. The van der Waals surface area contributed by atoms with Crippen molar-refractivity contribution in [1.82, 2.24) is 10.6 Å². The van der Waals surface area contributed by atoms with E-state index in [4.69, 9.17) is 25.8 Å². The SMILES string of the molecule is CNCc1cc(Cl)cc(OC)c1OCC(=O)NCCOC. The van der Waals surface area contributed by atoms with Crippen LogP contribution in [0.5, 0.6) is 11.5 Å². The standard InChI is InChI=1S/C14H21ClN2O4/c1-16-8-10-6-11(15)7-12(20-3)14(10)21-9-13(18)17-4-5-19-2/h6-7,16H,4-5,8-9H2,1-3H3,(H,17,18). The molecule has 0 aliphatic rings. The quantitative estimate of drug-likeness (QED) is 0.670. The molecule has 0 aromatic heterocycles. The van der Waals surface area contributed by atoms with Crippen molar-refractivity contribution in [1.29, 1.82) is 0 Å². The highest BCUT2D eigenvalue weighted by molar-refractivity contribution is 6.30. The maximum Gasteiger partial charge on any atom is 0.258 e. The highest BCUT2D eigenvalue weighted by Gasteiger charge is 2.14. The number of carbonyl (C=O) groups is 1. The molecule has 21 heavy (non-hydrogen) atoms. The molecule has 6 nitrogen and oxygen atoms in total. The number of benzene rings is 1. The van der Waals surface area contributed by atoms with Crippen molar-refractivity contribution < 1.29 is 19.0 Å². The van der Waals surface area contributed by atoms with E-state index in [0.717, 1.165) is 5.56 Å². The first-order chi connectivity index (χ1) is 10.1. The molecule has 0 heterocycles. The summed E-state index contributed by atoms with van der Waals surface area (Å²) in [6.45, 7) is 1.36. The van der Waals surface area contributed by atoms with Crippen LogP contribution < -0.4 is 20.1 Å². The van der Waals surface area contributed by atoms with E-state index in [1.807, 2.05) is 7.05 Å². The second kappa shape index (κ2) is 9.44. The summed E-state index contributed by atoms with van der Waals surface area (Å²) in [5.74, 6) is 0.787. The average Bonchev–Trinajstić information content (AvgIpc) is 2.46. The summed E-state index contributed by atoms with van der Waals surface area (Å²) in [5, 5.41) is 6.25. The molecule has 1 rings (SSSR count). The van der Waals surface area contributed by atoms with Gasteiger partial charge in [0, 0.05) is 36.9 Å². The third-order valence-corrected chi connectivity index (χ3v) is 2.88. The molecule has 0 spiro atoms. The summed E-state index contributed by atoms with van der Waals surface area (Å²) in [6, 6.07) is 3.43. The van der Waals surface area contributed by atoms with Gasteiger partial charge < -0.3 is 24.8 Å². The molecule has 1 aromatic carbocycles. The second-order valence-electron chi connectivity index (χ2n) is 4.26. The van der Waals surface area contributed by atoms with Crippen molar-refractivity contribution >= 4 is 17.5 Å². The molecule has 0 aliphatic carbocycles. The van der Waals surface area contributed by atoms with Crippen molar-refractivity contribution in [2.45, 2.75) is 6.54 Å². The predicted molar refractivity (Wildman–Crippen MR) is 81.1 cm³/mol. The van der Waals surface area contributed by atoms with E-state index in [1.165, 1.54) is 7.11 Å².